The van der Waals surface area contributed by atoms with E-state index in [9.17, 15) is 8.42 Å². The average Bonchev–Trinajstić information content (AvgIpc) is 3.05. The first kappa shape index (κ1) is 15.1. The Morgan fingerprint density at radius 2 is 1.86 bits per heavy atom. The Balaban J connectivity index is 2.02. The van der Waals surface area contributed by atoms with Crippen molar-refractivity contribution < 1.29 is 8.42 Å². The number of rotatable bonds is 2. The summed E-state index contributed by atoms with van der Waals surface area (Å²) in [6, 6.07) is 7.99. The molecule has 1 aliphatic rings. The summed E-state index contributed by atoms with van der Waals surface area (Å²) >= 11 is 5.82. The van der Waals surface area contributed by atoms with Crippen LogP contribution in [-0.4, -0.2) is 41.6 Å². The molecular formula is C14H15ClN4O2S. The number of aliphatic imine (C=N–C) groups is 1. The van der Waals surface area contributed by atoms with Crippen LogP contribution in [0.5, 0.6) is 0 Å². The third-order valence-corrected chi connectivity index (χ3v) is 5.43. The van der Waals surface area contributed by atoms with Crippen molar-refractivity contribution in [2.75, 3.05) is 13.1 Å². The number of sulfonamides is 1. The molecule has 116 valence electrons. The molecule has 1 aromatic carbocycles. The third-order valence-electron chi connectivity index (χ3n) is 3.38. The Bertz CT molecular complexity index is 840. The van der Waals surface area contributed by atoms with Crippen LogP contribution in [0.1, 0.15) is 11.4 Å². The van der Waals surface area contributed by atoms with Crippen molar-refractivity contribution in [3.63, 3.8) is 0 Å². The van der Waals surface area contributed by atoms with E-state index in [0.717, 1.165) is 11.4 Å². The summed E-state index contributed by atoms with van der Waals surface area (Å²) in [5.74, 6) is 0.334. The fourth-order valence-electron chi connectivity index (χ4n) is 2.39. The van der Waals surface area contributed by atoms with Crippen molar-refractivity contribution in [1.82, 2.24) is 14.1 Å². The first-order chi connectivity index (χ1) is 10.4. The SMILES string of the molecule is Cc1cc(C)n(C2=NCCN2S(=O)(=O)c2ccc(Cl)cc2)n1. The number of halogens is 1. The lowest BCUT2D eigenvalue weighted by molar-refractivity contribution is 0.529. The molecule has 1 aliphatic heterocycles. The van der Waals surface area contributed by atoms with Gasteiger partial charge in [0.2, 0.25) is 5.96 Å². The molecule has 0 fully saturated rings. The standard InChI is InChI=1S/C14H15ClN4O2S/c1-10-9-11(2)19(17-10)14-16-7-8-18(14)22(20,21)13-5-3-12(15)4-6-13/h3-6,9H,7-8H2,1-2H3. The zero-order valence-electron chi connectivity index (χ0n) is 12.2. The van der Waals surface area contributed by atoms with Gasteiger partial charge in [0, 0.05) is 10.7 Å². The Hall–Kier alpha value is -1.86. The summed E-state index contributed by atoms with van der Waals surface area (Å²) in [7, 11) is -3.68. The van der Waals surface area contributed by atoms with Gasteiger partial charge in [-0.2, -0.15) is 5.10 Å². The summed E-state index contributed by atoms with van der Waals surface area (Å²) in [5, 5.41) is 4.82. The molecule has 6 nitrogen and oxygen atoms in total. The zero-order valence-corrected chi connectivity index (χ0v) is 13.8. The van der Waals surface area contributed by atoms with Crippen molar-refractivity contribution in [2.45, 2.75) is 18.7 Å². The fraction of sp³-hybridized carbons (Fsp3) is 0.286. The monoisotopic (exact) mass is 338 g/mol. The van der Waals surface area contributed by atoms with Crippen LogP contribution in [0, 0.1) is 13.8 Å². The van der Waals surface area contributed by atoms with E-state index < -0.39 is 10.0 Å². The van der Waals surface area contributed by atoms with E-state index in [1.54, 1.807) is 16.8 Å². The maximum absolute atomic E-state index is 12.8. The lowest BCUT2D eigenvalue weighted by atomic mass is 10.4. The van der Waals surface area contributed by atoms with Crippen LogP contribution < -0.4 is 0 Å². The molecule has 0 amide bonds. The van der Waals surface area contributed by atoms with E-state index >= 15 is 0 Å². The minimum Gasteiger partial charge on any atom is -0.248 e. The van der Waals surface area contributed by atoms with E-state index in [2.05, 4.69) is 10.1 Å². The van der Waals surface area contributed by atoms with Crippen LogP contribution in [0.25, 0.3) is 0 Å². The number of hydrogen-bond donors (Lipinski definition) is 0. The highest BCUT2D eigenvalue weighted by Crippen LogP contribution is 2.21. The molecule has 8 heteroatoms. The number of hydrogen-bond acceptors (Lipinski definition) is 4. The van der Waals surface area contributed by atoms with Crippen molar-refractivity contribution in [3.05, 3.63) is 46.7 Å². The predicted molar refractivity (Wildman–Crippen MR) is 84.7 cm³/mol. The van der Waals surface area contributed by atoms with Gasteiger partial charge in [-0.25, -0.2) is 22.4 Å². The number of aromatic nitrogens is 2. The molecule has 0 aliphatic carbocycles. The second-order valence-corrected chi connectivity index (χ2v) is 7.35. The van der Waals surface area contributed by atoms with Crippen LogP contribution in [-0.2, 0) is 10.0 Å². The molecule has 0 spiro atoms. The quantitative estimate of drug-likeness (QED) is 0.841. The second kappa shape index (κ2) is 5.40. The summed E-state index contributed by atoms with van der Waals surface area (Å²) in [5.41, 5.74) is 1.66. The lowest BCUT2D eigenvalue weighted by Crippen LogP contribution is -2.39. The minimum atomic E-state index is -3.68. The van der Waals surface area contributed by atoms with Crippen LogP contribution in [0.15, 0.2) is 40.2 Å². The third kappa shape index (κ3) is 2.50. The van der Waals surface area contributed by atoms with Gasteiger partial charge < -0.3 is 0 Å². The Morgan fingerprint density at radius 3 is 2.45 bits per heavy atom. The van der Waals surface area contributed by atoms with Gasteiger partial charge in [0.1, 0.15) is 0 Å². The predicted octanol–water partition coefficient (Wildman–Crippen LogP) is 2.06. The minimum absolute atomic E-state index is 0.188. The van der Waals surface area contributed by atoms with E-state index in [0.29, 0.717) is 24.1 Å². The maximum Gasteiger partial charge on any atom is 0.266 e. The van der Waals surface area contributed by atoms with Gasteiger partial charge in [0.05, 0.1) is 23.7 Å². The molecule has 0 N–H and O–H groups in total. The fourth-order valence-corrected chi connectivity index (χ4v) is 3.92. The molecule has 22 heavy (non-hydrogen) atoms. The highest BCUT2D eigenvalue weighted by atomic mass is 35.5. The molecule has 2 aromatic rings. The van der Waals surface area contributed by atoms with Gasteiger partial charge in [0.15, 0.2) is 0 Å². The van der Waals surface area contributed by atoms with E-state index in [1.165, 1.54) is 16.4 Å². The number of aryl methyl sites for hydroxylation is 2. The molecule has 0 unspecified atom stereocenters. The Kier molecular flexibility index (Phi) is 3.70. The van der Waals surface area contributed by atoms with Gasteiger partial charge in [-0.15, -0.1) is 0 Å². The lowest BCUT2D eigenvalue weighted by Gasteiger charge is -2.20. The molecule has 0 saturated carbocycles. The van der Waals surface area contributed by atoms with Crippen molar-refractivity contribution in [1.29, 1.82) is 0 Å². The Morgan fingerprint density at radius 1 is 1.18 bits per heavy atom. The van der Waals surface area contributed by atoms with Gasteiger partial charge in [-0.05, 0) is 44.2 Å². The van der Waals surface area contributed by atoms with Crippen molar-refractivity contribution in [3.8, 4) is 0 Å². The molecular weight excluding hydrogens is 324 g/mol. The second-order valence-electron chi connectivity index (χ2n) is 5.05. The molecule has 3 rings (SSSR count). The molecule has 0 saturated heterocycles. The molecule has 1 aromatic heterocycles. The average molecular weight is 339 g/mol. The number of nitrogens with zero attached hydrogens (tertiary/aromatic N) is 4. The smallest absolute Gasteiger partial charge is 0.248 e. The number of benzene rings is 1. The van der Waals surface area contributed by atoms with Crippen LogP contribution >= 0.6 is 11.6 Å². The van der Waals surface area contributed by atoms with Gasteiger partial charge in [-0.3, -0.25) is 0 Å². The van der Waals surface area contributed by atoms with Gasteiger partial charge in [0.25, 0.3) is 10.0 Å². The highest BCUT2D eigenvalue weighted by Gasteiger charge is 2.32. The van der Waals surface area contributed by atoms with Crippen molar-refractivity contribution >= 4 is 27.6 Å². The molecule has 0 atom stereocenters. The summed E-state index contributed by atoms with van der Waals surface area (Å²) in [6.07, 6.45) is 0. The van der Waals surface area contributed by atoms with Crippen LogP contribution in [0.2, 0.25) is 5.02 Å². The van der Waals surface area contributed by atoms with E-state index in [4.69, 9.17) is 11.6 Å². The first-order valence-corrected chi connectivity index (χ1v) is 8.58. The Labute approximate surface area is 134 Å². The summed E-state index contributed by atoms with van der Waals surface area (Å²) in [4.78, 5) is 4.50. The summed E-state index contributed by atoms with van der Waals surface area (Å²) < 4.78 is 28.5. The molecule has 2 heterocycles. The van der Waals surface area contributed by atoms with E-state index in [1.807, 2.05) is 19.9 Å². The largest absolute Gasteiger partial charge is 0.266 e. The van der Waals surface area contributed by atoms with Crippen LogP contribution in [0.4, 0.5) is 0 Å². The summed E-state index contributed by atoms with van der Waals surface area (Å²) in [6.45, 7) is 4.45. The molecule has 0 bridgehead atoms. The van der Waals surface area contributed by atoms with Gasteiger partial charge >= 0.3 is 0 Å². The highest BCUT2D eigenvalue weighted by molar-refractivity contribution is 7.89. The van der Waals surface area contributed by atoms with Crippen LogP contribution in [0.3, 0.4) is 0 Å². The first-order valence-electron chi connectivity index (χ1n) is 6.76. The van der Waals surface area contributed by atoms with E-state index in [-0.39, 0.29) is 4.90 Å². The normalized spacial score (nSPS) is 15.2. The van der Waals surface area contributed by atoms with Gasteiger partial charge in [-0.1, -0.05) is 11.6 Å². The molecule has 0 radical (unpaired) electrons. The maximum atomic E-state index is 12.8. The zero-order chi connectivity index (χ0) is 15.9. The van der Waals surface area contributed by atoms with Crippen molar-refractivity contribution in [2.24, 2.45) is 4.99 Å². The topological polar surface area (TPSA) is 67.6 Å².